The Labute approximate surface area is 166 Å². The van der Waals surface area contributed by atoms with Crippen molar-refractivity contribution in [2.45, 2.75) is 6.61 Å². The molecule has 25 heavy (non-hydrogen) atoms. The number of benzene rings is 2. The van der Waals surface area contributed by atoms with E-state index in [4.69, 9.17) is 26.5 Å². The smallest absolute Gasteiger partial charge is 0.313 e. The summed E-state index contributed by atoms with van der Waals surface area (Å²) in [6, 6.07) is 11.6. The SMILES string of the molecule is Nc1nnc(/C=C/c2cc(Cl)c(OCc3cccc(Br)c3)c(Br)c2)o1. The average molecular weight is 486 g/mol. The Morgan fingerprint density at radius 1 is 1.16 bits per heavy atom. The molecule has 0 spiro atoms. The maximum atomic E-state index is 6.35. The van der Waals surface area contributed by atoms with E-state index in [9.17, 15) is 0 Å². The number of hydrogen-bond acceptors (Lipinski definition) is 5. The van der Waals surface area contributed by atoms with Crippen LogP contribution in [-0.2, 0) is 6.61 Å². The maximum absolute atomic E-state index is 6.35. The summed E-state index contributed by atoms with van der Waals surface area (Å²) >= 11 is 13.3. The van der Waals surface area contributed by atoms with Gasteiger partial charge in [0.15, 0.2) is 5.75 Å². The lowest BCUT2D eigenvalue weighted by Gasteiger charge is -2.11. The minimum absolute atomic E-state index is 0.0233. The van der Waals surface area contributed by atoms with Gasteiger partial charge in [-0.2, -0.15) is 0 Å². The van der Waals surface area contributed by atoms with Gasteiger partial charge in [-0.3, -0.25) is 0 Å². The van der Waals surface area contributed by atoms with E-state index in [1.54, 1.807) is 18.2 Å². The average Bonchev–Trinajstić information content (AvgIpc) is 2.98. The number of halogens is 3. The van der Waals surface area contributed by atoms with Crippen molar-refractivity contribution < 1.29 is 9.15 Å². The maximum Gasteiger partial charge on any atom is 0.313 e. The molecule has 0 fully saturated rings. The predicted molar refractivity (Wildman–Crippen MR) is 105 cm³/mol. The van der Waals surface area contributed by atoms with E-state index in [1.165, 1.54) is 0 Å². The minimum Gasteiger partial charge on any atom is -0.486 e. The number of ether oxygens (including phenoxy) is 1. The van der Waals surface area contributed by atoms with E-state index in [0.29, 0.717) is 23.3 Å². The lowest BCUT2D eigenvalue weighted by Crippen LogP contribution is -1.97. The van der Waals surface area contributed by atoms with E-state index in [1.807, 2.05) is 30.3 Å². The Kier molecular flexibility index (Phi) is 5.78. The molecule has 0 amide bonds. The molecule has 0 radical (unpaired) electrons. The molecule has 0 saturated carbocycles. The minimum atomic E-state index is 0.0233. The van der Waals surface area contributed by atoms with Gasteiger partial charge < -0.3 is 14.9 Å². The van der Waals surface area contributed by atoms with E-state index < -0.39 is 0 Å². The number of nitrogen functional groups attached to an aromatic ring is 1. The highest BCUT2D eigenvalue weighted by Crippen LogP contribution is 2.35. The molecular weight excluding hydrogens is 473 g/mol. The Morgan fingerprint density at radius 2 is 2.00 bits per heavy atom. The molecule has 5 nitrogen and oxygen atoms in total. The zero-order chi connectivity index (χ0) is 17.8. The third-order valence-corrected chi connectivity index (χ3v) is 4.53. The summed E-state index contributed by atoms with van der Waals surface area (Å²) in [5, 5.41) is 7.84. The van der Waals surface area contributed by atoms with Crippen LogP contribution in [0.5, 0.6) is 5.75 Å². The number of nitrogens with zero attached hydrogens (tertiary/aromatic N) is 2. The number of anilines is 1. The highest BCUT2D eigenvalue weighted by molar-refractivity contribution is 9.10. The van der Waals surface area contributed by atoms with Gasteiger partial charge in [-0.15, -0.1) is 5.10 Å². The van der Waals surface area contributed by atoms with Gasteiger partial charge in [0.05, 0.1) is 9.50 Å². The number of hydrogen-bond donors (Lipinski definition) is 1. The van der Waals surface area contributed by atoms with Gasteiger partial charge >= 0.3 is 6.01 Å². The molecule has 2 N–H and O–H groups in total. The third kappa shape index (κ3) is 4.84. The fraction of sp³-hybridized carbons (Fsp3) is 0.0588. The molecule has 0 aliphatic heterocycles. The summed E-state index contributed by atoms with van der Waals surface area (Å²) < 4.78 is 12.7. The van der Waals surface area contributed by atoms with Crippen LogP contribution < -0.4 is 10.5 Å². The first-order valence-electron chi connectivity index (χ1n) is 7.14. The lowest BCUT2D eigenvalue weighted by molar-refractivity contribution is 0.304. The zero-order valence-corrected chi connectivity index (χ0v) is 16.7. The Hall–Kier alpha value is -1.83. The second-order valence-electron chi connectivity index (χ2n) is 5.04. The van der Waals surface area contributed by atoms with Crippen LogP contribution in [-0.4, -0.2) is 10.2 Å². The summed E-state index contributed by atoms with van der Waals surface area (Å²) in [5.41, 5.74) is 7.27. The summed E-state index contributed by atoms with van der Waals surface area (Å²) in [6.07, 6.45) is 3.45. The molecule has 0 aliphatic rings. The van der Waals surface area contributed by atoms with Crippen molar-refractivity contribution in [3.05, 3.63) is 67.4 Å². The van der Waals surface area contributed by atoms with Gasteiger partial charge in [0.1, 0.15) is 6.61 Å². The Morgan fingerprint density at radius 3 is 2.68 bits per heavy atom. The van der Waals surface area contributed by atoms with Crippen LogP contribution in [0, 0.1) is 0 Å². The van der Waals surface area contributed by atoms with Crippen LogP contribution in [0.15, 0.2) is 49.8 Å². The molecule has 0 saturated heterocycles. The fourth-order valence-corrected chi connectivity index (χ4v) is 3.51. The number of aromatic nitrogens is 2. The fourth-order valence-electron chi connectivity index (χ4n) is 2.08. The zero-order valence-electron chi connectivity index (χ0n) is 12.7. The van der Waals surface area contributed by atoms with Gasteiger partial charge in [-0.1, -0.05) is 44.8 Å². The molecule has 1 heterocycles. The van der Waals surface area contributed by atoms with Crippen LogP contribution in [0.25, 0.3) is 12.2 Å². The van der Waals surface area contributed by atoms with Crippen molar-refractivity contribution in [1.29, 1.82) is 0 Å². The summed E-state index contributed by atoms with van der Waals surface area (Å²) in [7, 11) is 0. The van der Waals surface area contributed by atoms with Crippen LogP contribution in [0.1, 0.15) is 17.0 Å². The first-order chi connectivity index (χ1) is 12.0. The van der Waals surface area contributed by atoms with Crippen LogP contribution in [0.3, 0.4) is 0 Å². The van der Waals surface area contributed by atoms with E-state index in [2.05, 4.69) is 42.1 Å². The summed E-state index contributed by atoms with van der Waals surface area (Å²) in [5.74, 6) is 0.903. The third-order valence-electron chi connectivity index (χ3n) is 3.17. The molecule has 0 bridgehead atoms. The molecule has 128 valence electrons. The van der Waals surface area contributed by atoms with E-state index >= 15 is 0 Å². The number of rotatable bonds is 5. The molecule has 0 unspecified atom stereocenters. The van der Waals surface area contributed by atoms with Gasteiger partial charge in [0.25, 0.3) is 0 Å². The second kappa shape index (κ2) is 8.03. The molecule has 8 heteroatoms. The Balaban J connectivity index is 1.74. The first kappa shape index (κ1) is 18.0. The van der Waals surface area contributed by atoms with Crippen molar-refractivity contribution >= 4 is 61.6 Å². The quantitative estimate of drug-likeness (QED) is 0.511. The molecule has 1 aromatic heterocycles. The van der Waals surface area contributed by atoms with Crippen molar-refractivity contribution in [2.75, 3.05) is 5.73 Å². The normalized spacial score (nSPS) is 11.2. The summed E-state index contributed by atoms with van der Waals surface area (Å²) in [4.78, 5) is 0. The standard InChI is InChI=1S/C17H12Br2ClN3O2/c18-12-3-1-2-11(6-12)9-24-16-13(19)7-10(8-14(16)20)4-5-15-22-23-17(21)25-15/h1-8H,9H2,(H2,21,23)/b5-4+. The van der Waals surface area contributed by atoms with Crippen molar-refractivity contribution in [1.82, 2.24) is 10.2 Å². The first-order valence-corrected chi connectivity index (χ1v) is 9.11. The van der Waals surface area contributed by atoms with E-state index in [0.717, 1.165) is 20.1 Å². The summed E-state index contributed by atoms with van der Waals surface area (Å²) in [6.45, 7) is 0.411. The van der Waals surface area contributed by atoms with Gasteiger partial charge in [0, 0.05) is 10.5 Å². The molecule has 0 aliphatic carbocycles. The lowest BCUT2D eigenvalue weighted by atomic mass is 10.2. The molecule has 3 rings (SSSR count). The monoisotopic (exact) mass is 483 g/mol. The molecular formula is C17H12Br2ClN3O2. The van der Waals surface area contributed by atoms with Crippen molar-refractivity contribution in [3.63, 3.8) is 0 Å². The molecule has 2 aromatic carbocycles. The highest BCUT2D eigenvalue weighted by atomic mass is 79.9. The number of nitrogens with two attached hydrogens (primary N) is 1. The largest absolute Gasteiger partial charge is 0.486 e. The predicted octanol–water partition coefficient (Wildman–Crippen LogP) is 5.58. The van der Waals surface area contributed by atoms with E-state index in [-0.39, 0.29) is 6.01 Å². The second-order valence-corrected chi connectivity index (χ2v) is 7.22. The van der Waals surface area contributed by atoms with Gasteiger partial charge in [-0.25, -0.2) is 0 Å². The van der Waals surface area contributed by atoms with Crippen molar-refractivity contribution in [3.8, 4) is 5.75 Å². The molecule has 3 aromatic rings. The van der Waals surface area contributed by atoms with Crippen molar-refractivity contribution in [2.24, 2.45) is 0 Å². The van der Waals surface area contributed by atoms with Gasteiger partial charge in [-0.05, 0) is 57.4 Å². The van der Waals surface area contributed by atoms with Crippen LogP contribution in [0.2, 0.25) is 5.02 Å². The molecule has 0 atom stereocenters. The van der Waals surface area contributed by atoms with Crippen LogP contribution >= 0.6 is 43.5 Å². The van der Waals surface area contributed by atoms with Gasteiger partial charge in [0.2, 0.25) is 5.89 Å². The highest BCUT2D eigenvalue weighted by Gasteiger charge is 2.09. The topological polar surface area (TPSA) is 74.2 Å². The van der Waals surface area contributed by atoms with Crippen LogP contribution in [0.4, 0.5) is 6.01 Å². The Bertz CT molecular complexity index is 905.